The molecule has 9 saturated heterocycles. The maximum Gasteiger partial charge on any atom is 0.474 e. The second kappa shape index (κ2) is 17.5. The lowest BCUT2D eigenvalue weighted by Crippen LogP contribution is -2.59. The molecular formula is C41H61Cl2O19P3. The molecule has 9 aliphatic heterocycles. The quantitative estimate of drug-likeness (QED) is 0.133. The van der Waals surface area contributed by atoms with E-state index < -0.39 is 61.4 Å². The first-order chi connectivity index (χ1) is 29.7. The van der Waals surface area contributed by atoms with Gasteiger partial charge in [0.1, 0.15) is 13.2 Å². The van der Waals surface area contributed by atoms with Crippen molar-refractivity contribution in [2.24, 2.45) is 61.6 Å². The largest absolute Gasteiger partial charge is 0.474 e. The number of rotatable bonds is 9. The van der Waals surface area contributed by atoms with Gasteiger partial charge in [-0.2, -0.15) is 0 Å². The zero-order valence-electron chi connectivity index (χ0n) is 34.7. The SMILES string of the molecule is C.C.O=C(Cl)C12CC3CC(C1)CC(C(=O)Cl)(C3)C2.O=C(OCC12COP(=O)(OC1)OC2)C12CC3CC(C1)CC(C(=O)OCC14COP(=O)(OC1)OC4)(C3)C2.O=P12OCC(CO)(CO1)CO2. The summed E-state index contributed by atoms with van der Waals surface area (Å²) >= 11 is 11.5. The van der Waals surface area contributed by atoms with Crippen molar-refractivity contribution in [3.63, 3.8) is 0 Å². The standard InChI is InChI=1S/C22H30O12P2.C12H14Cl2O2.C5H9O5P.2CH4/c23-17(27-7-19-9-29-35(25,30-10-19)31-11-19)21-2-15-1-16(4-21)5-22(3-15,6-21)18(24)28-8-20-12-32-36(26,33-13-20)34-14-20;13-9(15)11-2-7-1-8(4-11)5-12(3-7,6-11)10(14)16;6-1-5-2-8-11(7,9-3-5)10-4-5;;/h15-16H,1-14H2;7-8H,1-6H2;6H,1-4H2;2*1H4. The molecule has 0 aromatic heterocycles. The summed E-state index contributed by atoms with van der Waals surface area (Å²) in [6.07, 6.45) is 9.47. The molecule has 0 aromatic rings. The smallest absolute Gasteiger partial charge is 0.464 e. The van der Waals surface area contributed by atoms with Crippen LogP contribution in [-0.4, -0.2) is 107 Å². The Kier molecular flexibility index (Phi) is 13.6. The topological polar surface area (TPSA) is 241 Å². The molecule has 1 N–H and O–H groups in total. The van der Waals surface area contributed by atoms with E-state index in [0.29, 0.717) is 50.4 Å². The van der Waals surface area contributed by atoms with Crippen LogP contribution in [0.2, 0.25) is 0 Å². The van der Waals surface area contributed by atoms with Gasteiger partial charge in [0.2, 0.25) is 10.5 Å². The molecule has 9 heterocycles. The van der Waals surface area contributed by atoms with Crippen LogP contribution in [-0.2, 0) is 83.1 Å². The Morgan fingerprint density at radius 1 is 0.462 bits per heavy atom. The van der Waals surface area contributed by atoms with Crippen LogP contribution >= 0.6 is 46.7 Å². The van der Waals surface area contributed by atoms with Crippen molar-refractivity contribution in [1.29, 1.82) is 0 Å². The molecule has 0 spiro atoms. The molecule has 24 heteroatoms. The Hall–Kier alpha value is -0.850. The number of aliphatic hydroxyl groups is 1. The van der Waals surface area contributed by atoms with Crippen LogP contribution in [0.15, 0.2) is 0 Å². The third-order valence-electron chi connectivity index (χ3n) is 15.9. The van der Waals surface area contributed by atoms with E-state index in [1.165, 1.54) is 0 Å². The highest BCUT2D eigenvalue weighted by atomic mass is 35.5. The van der Waals surface area contributed by atoms with E-state index in [9.17, 15) is 32.9 Å². The molecule has 65 heavy (non-hydrogen) atoms. The van der Waals surface area contributed by atoms with Gasteiger partial charge in [0.15, 0.2) is 0 Å². The minimum Gasteiger partial charge on any atom is -0.464 e. The number of carbonyl (C=O) groups excluding carboxylic acids is 4. The highest BCUT2D eigenvalue weighted by Gasteiger charge is 2.66. The number of hydrogen-bond donors (Lipinski definition) is 1. The Bertz CT molecular complexity index is 1850. The Morgan fingerprint density at radius 2 is 0.708 bits per heavy atom. The van der Waals surface area contributed by atoms with Gasteiger partial charge in [-0.05, 0) is 124 Å². The maximum atomic E-state index is 13.5. The lowest BCUT2D eigenvalue weighted by Gasteiger charge is -2.59. The first kappa shape index (κ1) is 50.5. The van der Waals surface area contributed by atoms with Crippen LogP contribution in [0.5, 0.6) is 0 Å². The Balaban J connectivity index is 0.000000163. The van der Waals surface area contributed by atoms with Gasteiger partial charge in [-0.3, -0.25) is 59.9 Å². The summed E-state index contributed by atoms with van der Waals surface area (Å²) in [6.45, 7) is 1.75. The van der Waals surface area contributed by atoms with Crippen LogP contribution in [0.1, 0.15) is 91.9 Å². The van der Waals surface area contributed by atoms with Crippen molar-refractivity contribution < 1.29 is 88.2 Å². The van der Waals surface area contributed by atoms with Gasteiger partial charge in [-0.25, -0.2) is 13.7 Å². The fourth-order valence-electron chi connectivity index (χ4n) is 13.2. The first-order valence-corrected chi connectivity index (χ1v) is 26.8. The van der Waals surface area contributed by atoms with Gasteiger partial charge in [-0.15, -0.1) is 0 Å². The average molecular weight is 1020 g/mol. The highest BCUT2D eigenvalue weighted by Crippen LogP contribution is 2.68. The third-order valence-corrected chi connectivity index (χ3v) is 20.7. The molecule has 0 unspecified atom stereocenters. The van der Waals surface area contributed by atoms with Crippen LogP contribution < -0.4 is 0 Å². The van der Waals surface area contributed by atoms with Crippen molar-refractivity contribution in [2.75, 3.05) is 79.3 Å². The number of carbonyl (C=O) groups is 4. The van der Waals surface area contributed by atoms with Crippen molar-refractivity contribution in [3.8, 4) is 0 Å². The molecule has 17 aliphatic rings. The molecule has 368 valence electrons. The third kappa shape index (κ3) is 9.09. The van der Waals surface area contributed by atoms with E-state index in [1.807, 2.05) is 0 Å². The Morgan fingerprint density at radius 3 is 0.969 bits per heavy atom. The lowest BCUT2D eigenvalue weighted by molar-refractivity contribution is -0.203. The molecule has 0 aromatic carbocycles. The second-order valence-corrected chi connectivity index (χ2v) is 26.9. The summed E-state index contributed by atoms with van der Waals surface area (Å²) in [4.78, 5) is 50.4. The predicted molar refractivity (Wildman–Crippen MR) is 227 cm³/mol. The highest BCUT2D eigenvalue weighted by molar-refractivity contribution is 7.49. The number of halogens is 2. The molecule has 8 saturated carbocycles. The van der Waals surface area contributed by atoms with Gasteiger partial charge in [-0.1, -0.05) is 14.9 Å². The van der Waals surface area contributed by atoms with Crippen molar-refractivity contribution >= 4 is 69.1 Å². The Labute approximate surface area is 388 Å². The average Bonchev–Trinajstić information content (AvgIpc) is 3.26. The molecule has 0 atom stereocenters. The van der Waals surface area contributed by atoms with E-state index in [-0.39, 0.29) is 128 Å². The number of ether oxygens (including phenoxy) is 2. The molecule has 8 aliphatic carbocycles. The first-order valence-electron chi connectivity index (χ1n) is 21.7. The van der Waals surface area contributed by atoms with Gasteiger partial charge < -0.3 is 14.6 Å². The summed E-state index contributed by atoms with van der Waals surface area (Å²) in [5.41, 5.74) is -4.14. The lowest BCUT2D eigenvalue weighted by atomic mass is 9.44. The zero-order valence-corrected chi connectivity index (χ0v) is 38.9. The number of esters is 2. The number of aliphatic hydroxyl groups excluding tert-OH is 1. The van der Waals surface area contributed by atoms with E-state index in [0.717, 1.165) is 38.5 Å². The van der Waals surface area contributed by atoms with E-state index in [4.69, 9.17) is 78.5 Å². The predicted octanol–water partition coefficient (Wildman–Crippen LogP) is 7.53. The number of phosphoric acid groups is 3. The molecule has 0 amide bonds. The van der Waals surface area contributed by atoms with Gasteiger partial charge in [0.05, 0.1) is 93.1 Å². The van der Waals surface area contributed by atoms with Crippen LogP contribution in [0.25, 0.3) is 0 Å². The monoisotopic (exact) mass is 1020 g/mol. The fraction of sp³-hybridized carbons (Fsp3) is 0.902. The van der Waals surface area contributed by atoms with E-state index >= 15 is 0 Å². The van der Waals surface area contributed by atoms with Gasteiger partial charge >= 0.3 is 35.4 Å². The minimum atomic E-state index is -3.44. The molecule has 17 rings (SSSR count). The molecule has 19 nitrogen and oxygen atoms in total. The van der Waals surface area contributed by atoms with Gasteiger partial charge in [0.25, 0.3) is 0 Å². The van der Waals surface area contributed by atoms with Crippen molar-refractivity contribution in [2.45, 2.75) is 91.9 Å². The van der Waals surface area contributed by atoms with E-state index in [2.05, 4.69) is 0 Å². The summed E-state index contributed by atoms with van der Waals surface area (Å²) in [5.74, 6) is 0.882. The van der Waals surface area contributed by atoms with Crippen LogP contribution in [0.3, 0.4) is 0 Å². The fourth-order valence-corrected chi connectivity index (χ4v) is 18.2. The molecule has 0 radical (unpaired) electrons. The number of phosphoric ester groups is 3. The summed E-state index contributed by atoms with van der Waals surface area (Å²) in [6, 6.07) is 0. The van der Waals surface area contributed by atoms with Crippen LogP contribution in [0, 0.1) is 61.6 Å². The number of hydrogen-bond acceptors (Lipinski definition) is 19. The summed E-state index contributed by atoms with van der Waals surface area (Å²) < 4.78 is 92.6. The summed E-state index contributed by atoms with van der Waals surface area (Å²) in [5, 5.41) is 8.43. The zero-order chi connectivity index (χ0) is 44.4. The minimum absolute atomic E-state index is 0. The molecular weight excluding hydrogens is 960 g/mol. The van der Waals surface area contributed by atoms with Gasteiger partial charge in [0, 0.05) is 10.8 Å². The molecule has 17 fully saturated rings. The van der Waals surface area contributed by atoms with Crippen molar-refractivity contribution in [1.82, 2.24) is 0 Å². The van der Waals surface area contributed by atoms with E-state index in [1.54, 1.807) is 0 Å². The maximum absolute atomic E-state index is 13.5. The van der Waals surface area contributed by atoms with Crippen molar-refractivity contribution in [3.05, 3.63) is 0 Å². The summed E-state index contributed by atoms with van der Waals surface area (Å²) in [7, 11) is -10.1. The molecule has 14 bridgehead atoms. The normalized spacial score (nSPS) is 49.5. The number of fused-ring (bicyclic) bond motifs is 9. The second-order valence-electron chi connectivity index (χ2n) is 21.2. The van der Waals surface area contributed by atoms with Crippen LogP contribution in [0.4, 0.5) is 0 Å².